The van der Waals surface area contributed by atoms with E-state index in [2.05, 4.69) is 6.58 Å². The summed E-state index contributed by atoms with van der Waals surface area (Å²) in [7, 11) is 0. The van der Waals surface area contributed by atoms with Crippen LogP contribution in [0.1, 0.15) is 12.5 Å². The van der Waals surface area contributed by atoms with Crippen molar-refractivity contribution in [3.63, 3.8) is 0 Å². The number of benzene rings is 1. The van der Waals surface area contributed by atoms with Gasteiger partial charge < -0.3 is 9.52 Å². The van der Waals surface area contributed by atoms with E-state index in [1.165, 1.54) is 6.08 Å². The maximum absolute atomic E-state index is 12.1. The van der Waals surface area contributed by atoms with Crippen LogP contribution in [0.5, 0.6) is 0 Å². The van der Waals surface area contributed by atoms with E-state index < -0.39 is 5.63 Å². The van der Waals surface area contributed by atoms with Gasteiger partial charge in [-0.2, -0.15) is 0 Å². The summed E-state index contributed by atoms with van der Waals surface area (Å²) in [4.78, 5) is 12.1. The van der Waals surface area contributed by atoms with Gasteiger partial charge in [-0.05, 0) is 36.8 Å². The summed E-state index contributed by atoms with van der Waals surface area (Å²) in [5.74, 6) is 0.339. The summed E-state index contributed by atoms with van der Waals surface area (Å²) >= 11 is 0. The van der Waals surface area contributed by atoms with E-state index in [1.54, 1.807) is 12.1 Å². The minimum absolute atomic E-state index is 0.177. The van der Waals surface area contributed by atoms with Gasteiger partial charge >= 0.3 is 5.63 Å². The molecule has 0 bridgehead atoms. The Kier molecular flexibility index (Phi) is 3.89. The van der Waals surface area contributed by atoms with Gasteiger partial charge in [-0.15, -0.1) is 0 Å². The Hall–Kier alpha value is -2.55. The summed E-state index contributed by atoms with van der Waals surface area (Å²) < 4.78 is 5.36. The highest BCUT2D eigenvalue weighted by atomic mass is 16.4. The Morgan fingerprint density at radius 2 is 2.05 bits per heavy atom. The fraction of sp³-hybridized carbons (Fsp3) is 0.118. The molecule has 0 aliphatic heterocycles. The largest absolute Gasteiger partial charge is 0.509 e. The summed E-state index contributed by atoms with van der Waals surface area (Å²) in [5, 5.41) is 10.2. The molecule has 0 saturated carbocycles. The fourth-order valence-electron chi connectivity index (χ4n) is 2.05. The number of hydrogen-bond acceptors (Lipinski definition) is 3. The molecule has 0 spiro atoms. The van der Waals surface area contributed by atoms with Crippen molar-refractivity contribution in [3.8, 4) is 11.3 Å². The van der Waals surface area contributed by atoms with E-state index in [0.29, 0.717) is 16.2 Å². The first-order chi connectivity index (χ1) is 9.52. The quantitative estimate of drug-likeness (QED) is 0.850. The van der Waals surface area contributed by atoms with Crippen LogP contribution in [-0.2, 0) is 0 Å². The number of hydrogen-bond donors (Lipinski definition) is 1. The van der Waals surface area contributed by atoms with Gasteiger partial charge in [0.1, 0.15) is 11.5 Å². The van der Waals surface area contributed by atoms with Crippen LogP contribution >= 0.6 is 0 Å². The van der Waals surface area contributed by atoms with Crippen molar-refractivity contribution in [2.75, 3.05) is 0 Å². The molecule has 102 valence electrons. The molecular weight excluding hydrogens is 252 g/mol. The molecule has 1 N–H and O–H groups in total. The molecule has 0 aliphatic carbocycles. The zero-order chi connectivity index (χ0) is 14.7. The van der Waals surface area contributed by atoms with E-state index in [-0.39, 0.29) is 5.76 Å². The minimum atomic E-state index is -0.492. The first kappa shape index (κ1) is 13.9. The number of aryl methyl sites for hydroxylation is 1. The van der Waals surface area contributed by atoms with Gasteiger partial charge in [-0.25, -0.2) is 4.79 Å². The number of allylic oxidation sites excluding steroid dienone is 1. The summed E-state index contributed by atoms with van der Waals surface area (Å²) in [6.45, 7) is 7.15. The third kappa shape index (κ3) is 2.72. The Morgan fingerprint density at radius 1 is 1.35 bits per heavy atom. The highest BCUT2D eigenvalue weighted by Gasteiger charge is 2.06. The molecule has 0 unspecified atom stereocenters. The van der Waals surface area contributed by atoms with Crippen molar-refractivity contribution in [3.05, 3.63) is 69.1 Å². The van der Waals surface area contributed by atoms with Crippen molar-refractivity contribution in [2.24, 2.45) is 0 Å². The molecule has 1 aromatic heterocycles. The SMILES string of the molecule is C=C(O)/C=c1/c(=O)oc(-c2ccccc2C)c/c1=C/C. The molecule has 0 saturated heterocycles. The second kappa shape index (κ2) is 5.61. The summed E-state index contributed by atoms with van der Waals surface area (Å²) in [5.41, 5.74) is 1.41. The van der Waals surface area contributed by atoms with Gasteiger partial charge in [0.2, 0.25) is 0 Å². The van der Waals surface area contributed by atoms with Gasteiger partial charge in [0.15, 0.2) is 0 Å². The molecule has 20 heavy (non-hydrogen) atoms. The Morgan fingerprint density at radius 3 is 2.65 bits per heavy atom. The van der Waals surface area contributed by atoms with E-state index >= 15 is 0 Å². The first-order valence-electron chi connectivity index (χ1n) is 6.29. The van der Waals surface area contributed by atoms with Gasteiger partial charge in [0.05, 0.1) is 5.22 Å². The lowest BCUT2D eigenvalue weighted by Crippen LogP contribution is -2.38. The molecule has 0 amide bonds. The zero-order valence-electron chi connectivity index (χ0n) is 11.5. The standard InChI is InChI=1S/C17H16O3/c1-4-13-10-16(14-8-6-5-7-11(14)2)20-17(19)15(13)9-12(3)18/h4-10,18H,3H2,1-2H3/b13-4-,15-9+. The number of aliphatic hydroxyl groups is 1. The lowest BCUT2D eigenvalue weighted by molar-refractivity contribution is 0.443. The third-order valence-electron chi connectivity index (χ3n) is 3.05. The van der Waals surface area contributed by atoms with Gasteiger partial charge in [-0.1, -0.05) is 36.9 Å². The predicted molar refractivity (Wildman–Crippen MR) is 80.8 cm³/mol. The second-order valence-electron chi connectivity index (χ2n) is 4.51. The van der Waals surface area contributed by atoms with Crippen molar-refractivity contribution in [1.82, 2.24) is 0 Å². The van der Waals surface area contributed by atoms with Crippen LogP contribution in [0.3, 0.4) is 0 Å². The minimum Gasteiger partial charge on any atom is -0.509 e. The van der Waals surface area contributed by atoms with Crippen LogP contribution in [0.2, 0.25) is 0 Å². The molecule has 0 aliphatic rings. The van der Waals surface area contributed by atoms with Crippen LogP contribution in [0.4, 0.5) is 0 Å². The highest BCUT2D eigenvalue weighted by molar-refractivity contribution is 5.61. The highest BCUT2D eigenvalue weighted by Crippen LogP contribution is 2.19. The Bertz CT molecular complexity index is 826. The van der Waals surface area contributed by atoms with Crippen LogP contribution in [-0.4, -0.2) is 5.11 Å². The van der Waals surface area contributed by atoms with Crippen molar-refractivity contribution < 1.29 is 9.52 Å². The lowest BCUT2D eigenvalue weighted by atomic mass is 10.1. The van der Waals surface area contributed by atoms with Crippen molar-refractivity contribution >= 4 is 12.2 Å². The number of aliphatic hydroxyl groups excluding tert-OH is 1. The molecule has 1 aromatic carbocycles. The van der Waals surface area contributed by atoms with Crippen molar-refractivity contribution in [1.29, 1.82) is 0 Å². The summed E-state index contributed by atoms with van der Waals surface area (Å²) in [6, 6.07) is 9.48. The first-order valence-corrected chi connectivity index (χ1v) is 6.29. The molecule has 1 heterocycles. The van der Waals surface area contributed by atoms with E-state index in [9.17, 15) is 9.90 Å². The van der Waals surface area contributed by atoms with Crippen molar-refractivity contribution in [2.45, 2.75) is 13.8 Å². The van der Waals surface area contributed by atoms with Crippen LogP contribution in [0.25, 0.3) is 23.5 Å². The Labute approximate surface area is 116 Å². The maximum Gasteiger partial charge on any atom is 0.344 e. The molecular formula is C17H16O3. The topological polar surface area (TPSA) is 50.4 Å². The molecule has 3 heteroatoms. The fourth-order valence-corrected chi connectivity index (χ4v) is 2.05. The summed E-state index contributed by atoms with van der Waals surface area (Å²) in [6.07, 6.45) is 3.11. The molecule has 2 aromatic rings. The molecule has 2 rings (SSSR count). The van der Waals surface area contributed by atoms with Gasteiger partial charge in [0.25, 0.3) is 0 Å². The lowest BCUT2D eigenvalue weighted by Gasteiger charge is -2.04. The maximum atomic E-state index is 12.1. The normalized spacial score (nSPS) is 12.7. The average Bonchev–Trinajstić information content (AvgIpc) is 2.41. The van der Waals surface area contributed by atoms with Crippen LogP contribution in [0, 0.1) is 6.92 Å². The molecule has 0 fully saturated rings. The van der Waals surface area contributed by atoms with Gasteiger partial charge in [-0.3, -0.25) is 0 Å². The van der Waals surface area contributed by atoms with E-state index in [4.69, 9.17) is 4.42 Å². The van der Waals surface area contributed by atoms with Crippen LogP contribution in [0.15, 0.2) is 51.9 Å². The molecule has 0 radical (unpaired) electrons. The smallest absolute Gasteiger partial charge is 0.344 e. The predicted octanol–water partition coefficient (Wildman–Crippen LogP) is 2.27. The Balaban J connectivity index is 2.80. The van der Waals surface area contributed by atoms with E-state index in [0.717, 1.165) is 11.1 Å². The van der Waals surface area contributed by atoms with E-state index in [1.807, 2.05) is 38.1 Å². The van der Waals surface area contributed by atoms with Crippen LogP contribution < -0.4 is 16.1 Å². The number of rotatable bonds is 2. The monoisotopic (exact) mass is 268 g/mol. The zero-order valence-corrected chi connectivity index (χ0v) is 11.5. The van der Waals surface area contributed by atoms with Gasteiger partial charge in [0, 0.05) is 5.56 Å². The average molecular weight is 268 g/mol. The third-order valence-corrected chi connectivity index (χ3v) is 3.05. The molecule has 0 atom stereocenters. The molecule has 3 nitrogen and oxygen atoms in total. The second-order valence-corrected chi connectivity index (χ2v) is 4.51.